The SMILES string of the molecule is CCN(CC(=O)O)C(=O)C(NC(C)=O)C1CCCC1. The number of nitrogens with one attached hydrogen (secondary N) is 1. The Kier molecular flexibility index (Phi) is 5.79. The van der Waals surface area contributed by atoms with E-state index in [-0.39, 0.29) is 24.3 Å². The highest BCUT2D eigenvalue weighted by atomic mass is 16.4. The van der Waals surface area contributed by atoms with Gasteiger partial charge in [-0.2, -0.15) is 0 Å². The molecular formula is C13H22N2O4. The van der Waals surface area contributed by atoms with Crippen LogP contribution in [0.25, 0.3) is 0 Å². The van der Waals surface area contributed by atoms with Crippen molar-refractivity contribution in [2.24, 2.45) is 5.92 Å². The molecule has 1 aliphatic rings. The summed E-state index contributed by atoms with van der Waals surface area (Å²) in [5.41, 5.74) is 0. The molecule has 0 spiro atoms. The van der Waals surface area contributed by atoms with E-state index in [9.17, 15) is 14.4 Å². The van der Waals surface area contributed by atoms with Crippen molar-refractivity contribution in [1.29, 1.82) is 0 Å². The van der Waals surface area contributed by atoms with Crippen LogP contribution in [-0.2, 0) is 14.4 Å². The zero-order chi connectivity index (χ0) is 14.4. The normalized spacial score (nSPS) is 16.9. The van der Waals surface area contributed by atoms with Crippen molar-refractivity contribution >= 4 is 17.8 Å². The summed E-state index contributed by atoms with van der Waals surface area (Å²) < 4.78 is 0. The van der Waals surface area contributed by atoms with Crippen LogP contribution in [0.4, 0.5) is 0 Å². The molecule has 19 heavy (non-hydrogen) atoms. The third kappa shape index (κ3) is 4.54. The minimum atomic E-state index is -1.04. The summed E-state index contributed by atoms with van der Waals surface area (Å²) >= 11 is 0. The molecule has 2 N–H and O–H groups in total. The lowest BCUT2D eigenvalue weighted by Crippen LogP contribution is -2.52. The molecule has 0 aliphatic heterocycles. The third-order valence-corrected chi connectivity index (χ3v) is 3.52. The van der Waals surface area contributed by atoms with Gasteiger partial charge in [0.2, 0.25) is 11.8 Å². The molecule has 1 aliphatic carbocycles. The van der Waals surface area contributed by atoms with E-state index in [1.807, 2.05) is 0 Å². The lowest BCUT2D eigenvalue weighted by Gasteiger charge is -2.29. The summed E-state index contributed by atoms with van der Waals surface area (Å²) in [4.78, 5) is 35.7. The van der Waals surface area contributed by atoms with E-state index in [1.54, 1.807) is 6.92 Å². The van der Waals surface area contributed by atoms with Crippen LogP contribution >= 0.6 is 0 Å². The van der Waals surface area contributed by atoms with Crippen LogP contribution in [0.2, 0.25) is 0 Å². The maximum Gasteiger partial charge on any atom is 0.323 e. The summed E-state index contributed by atoms with van der Waals surface area (Å²) in [6, 6.07) is -0.584. The third-order valence-electron chi connectivity index (χ3n) is 3.52. The molecule has 0 aromatic heterocycles. The van der Waals surface area contributed by atoms with Gasteiger partial charge >= 0.3 is 5.97 Å². The summed E-state index contributed by atoms with van der Waals surface area (Å²) in [6.45, 7) is 3.12. The maximum absolute atomic E-state index is 12.4. The standard InChI is InChI=1S/C13H22N2O4/c1-3-15(8-11(17)18)13(19)12(14-9(2)16)10-6-4-5-7-10/h10,12H,3-8H2,1-2H3,(H,14,16)(H,17,18). The van der Waals surface area contributed by atoms with Gasteiger partial charge in [-0.1, -0.05) is 12.8 Å². The first-order chi connectivity index (χ1) is 8.95. The van der Waals surface area contributed by atoms with Crippen LogP contribution in [0.5, 0.6) is 0 Å². The molecule has 0 saturated heterocycles. The summed E-state index contributed by atoms with van der Waals surface area (Å²) in [6.07, 6.45) is 3.92. The van der Waals surface area contributed by atoms with E-state index in [0.717, 1.165) is 25.7 Å². The van der Waals surface area contributed by atoms with Gasteiger partial charge in [-0.05, 0) is 25.7 Å². The van der Waals surface area contributed by atoms with Gasteiger partial charge in [-0.3, -0.25) is 14.4 Å². The molecule has 6 heteroatoms. The first-order valence-corrected chi connectivity index (χ1v) is 6.73. The maximum atomic E-state index is 12.4. The van der Waals surface area contributed by atoms with E-state index in [0.29, 0.717) is 6.54 Å². The number of nitrogens with zero attached hydrogens (tertiary/aromatic N) is 1. The van der Waals surface area contributed by atoms with Gasteiger partial charge in [0, 0.05) is 13.5 Å². The van der Waals surface area contributed by atoms with Crippen molar-refractivity contribution in [3.63, 3.8) is 0 Å². The lowest BCUT2D eigenvalue weighted by molar-refractivity contribution is -0.146. The van der Waals surface area contributed by atoms with Crippen LogP contribution < -0.4 is 5.32 Å². The minimum absolute atomic E-state index is 0.124. The number of hydrogen-bond acceptors (Lipinski definition) is 3. The molecule has 1 unspecified atom stereocenters. The second-order valence-corrected chi connectivity index (χ2v) is 4.97. The monoisotopic (exact) mass is 270 g/mol. The topological polar surface area (TPSA) is 86.7 Å². The van der Waals surface area contributed by atoms with E-state index < -0.39 is 12.0 Å². The zero-order valence-electron chi connectivity index (χ0n) is 11.5. The highest BCUT2D eigenvalue weighted by molar-refractivity contribution is 5.89. The molecule has 0 bridgehead atoms. The van der Waals surface area contributed by atoms with Crippen LogP contribution in [0.15, 0.2) is 0 Å². The Hall–Kier alpha value is -1.59. The van der Waals surface area contributed by atoms with Crippen molar-refractivity contribution in [3.8, 4) is 0 Å². The Balaban J connectivity index is 2.78. The first-order valence-electron chi connectivity index (χ1n) is 6.73. The minimum Gasteiger partial charge on any atom is -0.480 e. The van der Waals surface area contributed by atoms with Gasteiger partial charge < -0.3 is 15.3 Å². The van der Waals surface area contributed by atoms with Gasteiger partial charge in [0.15, 0.2) is 0 Å². The molecule has 0 heterocycles. The number of carbonyl (C=O) groups is 3. The number of aliphatic carboxylic acids is 1. The van der Waals surface area contributed by atoms with Gasteiger partial charge in [0.1, 0.15) is 12.6 Å². The first kappa shape index (κ1) is 15.5. The Morgan fingerprint density at radius 2 is 1.89 bits per heavy atom. The number of carboxylic acid groups (broad SMARTS) is 1. The fourth-order valence-electron chi connectivity index (χ4n) is 2.60. The van der Waals surface area contributed by atoms with Gasteiger partial charge in [0.05, 0.1) is 0 Å². The largest absolute Gasteiger partial charge is 0.480 e. The number of hydrogen-bond donors (Lipinski definition) is 2. The van der Waals surface area contributed by atoms with Crippen LogP contribution in [-0.4, -0.2) is 46.9 Å². The molecule has 108 valence electrons. The van der Waals surface area contributed by atoms with Gasteiger partial charge in [-0.15, -0.1) is 0 Å². The van der Waals surface area contributed by atoms with E-state index in [2.05, 4.69) is 5.32 Å². The van der Waals surface area contributed by atoms with Crippen molar-refractivity contribution in [2.45, 2.75) is 45.6 Å². The molecular weight excluding hydrogens is 248 g/mol. The van der Waals surface area contributed by atoms with E-state index >= 15 is 0 Å². The second-order valence-electron chi connectivity index (χ2n) is 4.97. The highest BCUT2D eigenvalue weighted by Crippen LogP contribution is 2.28. The zero-order valence-corrected chi connectivity index (χ0v) is 11.5. The van der Waals surface area contributed by atoms with Crippen LogP contribution in [0.1, 0.15) is 39.5 Å². The summed E-state index contributed by atoms with van der Waals surface area (Å²) in [5, 5.41) is 11.5. The van der Waals surface area contributed by atoms with E-state index in [1.165, 1.54) is 11.8 Å². The van der Waals surface area contributed by atoms with Crippen molar-refractivity contribution in [3.05, 3.63) is 0 Å². The average molecular weight is 270 g/mol. The molecule has 0 aromatic rings. The second kappa shape index (κ2) is 7.11. The molecule has 2 amide bonds. The lowest BCUT2D eigenvalue weighted by atomic mass is 9.96. The number of carboxylic acids is 1. The Morgan fingerprint density at radius 1 is 1.32 bits per heavy atom. The van der Waals surface area contributed by atoms with Crippen molar-refractivity contribution < 1.29 is 19.5 Å². The number of likely N-dealkylation sites (N-methyl/N-ethyl adjacent to an activating group) is 1. The molecule has 1 fully saturated rings. The molecule has 6 nitrogen and oxygen atoms in total. The van der Waals surface area contributed by atoms with Crippen molar-refractivity contribution in [2.75, 3.05) is 13.1 Å². The Morgan fingerprint density at radius 3 is 2.32 bits per heavy atom. The summed E-state index contributed by atoms with van der Waals surface area (Å²) in [7, 11) is 0. The fraction of sp³-hybridized carbons (Fsp3) is 0.769. The van der Waals surface area contributed by atoms with Gasteiger partial charge in [-0.25, -0.2) is 0 Å². The molecule has 1 atom stereocenters. The molecule has 0 radical (unpaired) electrons. The van der Waals surface area contributed by atoms with Gasteiger partial charge in [0.25, 0.3) is 0 Å². The number of rotatable bonds is 6. The van der Waals surface area contributed by atoms with Crippen molar-refractivity contribution in [1.82, 2.24) is 10.2 Å². The smallest absolute Gasteiger partial charge is 0.323 e. The predicted molar refractivity (Wildman–Crippen MR) is 69.5 cm³/mol. The molecule has 1 saturated carbocycles. The van der Waals surface area contributed by atoms with Crippen LogP contribution in [0.3, 0.4) is 0 Å². The fourth-order valence-corrected chi connectivity index (χ4v) is 2.60. The predicted octanol–water partition coefficient (Wildman–Crippen LogP) is 0.614. The Labute approximate surface area is 113 Å². The number of amides is 2. The summed E-state index contributed by atoms with van der Waals surface area (Å²) in [5.74, 6) is -1.45. The molecule has 0 aromatic carbocycles. The Bertz CT molecular complexity index is 351. The molecule has 1 rings (SSSR count). The quantitative estimate of drug-likeness (QED) is 0.740. The van der Waals surface area contributed by atoms with E-state index in [4.69, 9.17) is 5.11 Å². The average Bonchev–Trinajstić information content (AvgIpc) is 2.85. The number of carbonyl (C=O) groups excluding carboxylic acids is 2. The van der Waals surface area contributed by atoms with Crippen LogP contribution in [0, 0.1) is 5.92 Å². The highest BCUT2D eigenvalue weighted by Gasteiger charge is 2.34.